The molecule has 0 saturated heterocycles. The average molecular weight is 325 g/mol. The number of carbonyl (C=O) groups excluding carboxylic acids is 2. The van der Waals surface area contributed by atoms with Crippen LogP contribution in [-0.4, -0.2) is 35.8 Å². The summed E-state index contributed by atoms with van der Waals surface area (Å²) in [6.07, 6.45) is 1.96. The van der Waals surface area contributed by atoms with Gasteiger partial charge < -0.3 is 15.8 Å². The summed E-state index contributed by atoms with van der Waals surface area (Å²) in [5, 5.41) is 2.61. The highest BCUT2D eigenvalue weighted by atomic mass is 32.2. The van der Waals surface area contributed by atoms with Crippen molar-refractivity contribution in [3.05, 3.63) is 18.2 Å². The van der Waals surface area contributed by atoms with E-state index in [1.807, 2.05) is 18.4 Å². The number of ether oxygens (including phenoxy) is 1. The average Bonchev–Trinajstić information content (AvgIpc) is 2.88. The standard InChI is InChI=1S/C13H15N3O3S2/c1-3-19-12(18)10(14)11(17)15-7-4-5-8-9(6-7)21-13(16-8)20-2/h4-6,10H,3,14H2,1-2H3,(H,15,17). The molecule has 1 aromatic carbocycles. The first kappa shape index (κ1) is 15.7. The van der Waals surface area contributed by atoms with Gasteiger partial charge in [0.2, 0.25) is 0 Å². The van der Waals surface area contributed by atoms with Crippen molar-refractivity contribution in [2.75, 3.05) is 18.2 Å². The minimum absolute atomic E-state index is 0.185. The molecule has 21 heavy (non-hydrogen) atoms. The Labute approximate surface area is 130 Å². The van der Waals surface area contributed by atoms with E-state index >= 15 is 0 Å². The molecule has 0 aliphatic carbocycles. The Bertz CT molecular complexity index is 672. The highest BCUT2D eigenvalue weighted by Crippen LogP contribution is 2.29. The van der Waals surface area contributed by atoms with Gasteiger partial charge in [0.05, 0.1) is 16.8 Å². The lowest BCUT2D eigenvalue weighted by atomic mass is 10.2. The Morgan fingerprint density at radius 2 is 2.29 bits per heavy atom. The Morgan fingerprint density at radius 1 is 1.52 bits per heavy atom. The Balaban J connectivity index is 2.11. The van der Waals surface area contributed by atoms with Gasteiger partial charge in [-0.2, -0.15) is 0 Å². The third kappa shape index (κ3) is 3.72. The van der Waals surface area contributed by atoms with Crippen molar-refractivity contribution in [2.24, 2.45) is 5.73 Å². The van der Waals surface area contributed by atoms with Crippen molar-refractivity contribution < 1.29 is 14.3 Å². The van der Waals surface area contributed by atoms with Gasteiger partial charge in [0.1, 0.15) is 0 Å². The minimum atomic E-state index is -1.33. The zero-order valence-corrected chi connectivity index (χ0v) is 13.2. The summed E-state index contributed by atoms with van der Waals surface area (Å²) in [7, 11) is 0. The Hall–Kier alpha value is -1.64. The summed E-state index contributed by atoms with van der Waals surface area (Å²) in [6.45, 7) is 1.84. The molecule has 1 atom stereocenters. The minimum Gasteiger partial charge on any atom is -0.464 e. The maximum absolute atomic E-state index is 11.9. The van der Waals surface area contributed by atoms with Crippen LogP contribution in [0.5, 0.6) is 0 Å². The number of hydrogen-bond donors (Lipinski definition) is 2. The second-order valence-corrected chi connectivity index (χ2v) is 6.17. The van der Waals surface area contributed by atoms with Crippen LogP contribution in [0.1, 0.15) is 6.92 Å². The molecule has 2 aromatic rings. The molecule has 2 rings (SSSR count). The third-order valence-corrected chi connectivity index (χ3v) is 4.64. The van der Waals surface area contributed by atoms with Gasteiger partial charge in [-0.25, -0.2) is 9.78 Å². The summed E-state index contributed by atoms with van der Waals surface area (Å²) in [4.78, 5) is 27.7. The first-order valence-corrected chi connectivity index (χ1v) is 8.27. The van der Waals surface area contributed by atoms with Crippen molar-refractivity contribution in [3.63, 3.8) is 0 Å². The van der Waals surface area contributed by atoms with Crippen LogP contribution in [0.15, 0.2) is 22.5 Å². The second-order valence-electron chi connectivity index (χ2n) is 4.09. The molecule has 112 valence electrons. The fraction of sp³-hybridized carbons (Fsp3) is 0.308. The van der Waals surface area contributed by atoms with Crippen LogP contribution in [0, 0.1) is 0 Å². The van der Waals surface area contributed by atoms with E-state index in [4.69, 9.17) is 10.5 Å². The topological polar surface area (TPSA) is 94.3 Å². The molecule has 0 fully saturated rings. The largest absolute Gasteiger partial charge is 0.464 e. The van der Waals surface area contributed by atoms with E-state index in [2.05, 4.69) is 10.3 Å². The molecule has 3 N–H and O–H groups in total. The SMILES string of the molecule is CCOC(=O)C(N)C(=O)Nc1ccc2nc(SC)sc2c1. The number of fused-ring (bicyclic) bond motifs is 1. The molecule has 0 bridgehead atoms. The van der Waals surface area contributed by atoms with E-state index in [0.717, 1.165) is 14.6 Å². The third-order valence-electron chi connectivity index (χ3n) is 2.63. The molecule has 0 aliphatic heterocycles. The van der Waals surface area contributed by atoms with Crippen LogP contribution in [0.4, 0.5) is 5.69 Å². The van der Waals surface area contributed by atoms with Gasteiger partial charge in [0.25, 0.3) is 5.91 Å². The smallest absolute Gasteiger partial charge is 0.332 e. The summed E-state index contributed by atoms with van der Waals surface area (Å²) in [5.74, 6) is -1.33. The highest BCUT2D eigenvalue weighted by Gasteiger charge is 2.23. The number of nitrogens with two attached hydrogens (primary N) is 1. The van der Waals surface area contributed by atoms with Crippen LogP contribution in [0.25, 0.3) is 10.2 Å². The van der Waals surface area contributed by atoms with E-state index < -0.39 is 17.9 Å². The fourth-order valence-corrected chi connectivity index (χ4v) is 3.16. The van der Waals surface area contributed by atoms with Crippen LogP contribution < -0.4 is 11.1 Å². The van der Waals surface area contributed by atoms with Gasteiger partial charge in [-0.05, 0) is 31.4 Å². The predicted octanol–water partition coefficient (Wildman–Crippen LogP) is 1.85. The number of thiazole rings is 1. The molecular weight excluding hydrogens is 310 g/mol. The zero-order valence-electron chi connectivity index (χ0n) is 11.6. The number of carbonyl (C=O) groups is 2. The van der Waals surface area contributed by atoms with Crippen molar-refractivity contribution >= 4 is 50.9 Å². The molecule has 0 aliphatic rings. The van der Waals surface area contributed by atoms with Gasteiger partial charge in [-0.1, -0.05) is 11.8 Å². The monoisotopic (exact) mass is 325 g/mol. The van der Waals surface area contributed by atoms with Crippen molar-refractivity contribution in [1.82, 2.24) is 4.98 Å². The lowest BCUT2D eigenvalue weighted by Crippen LogP contribution is -2.43. The molecule has 6 nitrogen and oxygen atoms in total. The molecule has 0 radical (unpaired) electrons. The number of benzene rings is 1. The molecule has 0 spiro atoms. The summed E-state index contributed by atoms with van der Waals surface area (Å²) < 4.78 is 6.63. The molecule has 1 aromatic heterocycles. The van der Waals surface area contributed by atoms with Crippen LogP contribution in [-0.2, 0) is 14.3 Å². The van der Waals surface area contributed by atoms with E-state index in [9.17, 15) is 9.59 Å². The van der Waals surface area contributed by atoms with Crippen LogP contribution in [0.2, 0.25) is 0 Å². The number of aromatic nitrogens is 1. The number of amides is 1. The van der Waals surface area contributed by atoms with Crippen LogP contribution >= 0.6 is 23.1 Å². The van der Waals surface area contributed by atoms with E-state index in [1.165, 1.54) is 11.3 Å². The van der Waals surface area contributed by atoms with Gasteiger partial charge in [0.15, 0.2) is 10.4 Å². The second kappa shape index (κ2) is 6.88. The van der Waals surface area contributed by atoms with Crippen molar-refractivity contribution in [1.29, 1.82) is 0 Å². The lowest BCUT2D eigenvalue weighted by molar-refractivity contribution is -0.146. The lowest BCUT2D eigenvalue weighted by Gasteiger charge is -2.11. The Kier molecular flexibility index (Phi) is 5.16. The number of esters is 1. The maximum Gasteiger partial charge on any atom is 0.332 e. The maximum atomic E-state index is 11.9. The summed E-state index contributed by atoms with van der Waals surface area (Å²) in [5.41, 5.74) is 6.98. The summed E-state index contributed by atoms with van der Waals surface area (Å²) in [6, 6.07) is 4.02. The molecule has 0 saturated carbocycles. The number of hydrogen-bond acceptors (Lipinski definition) is 7. The van der Waals surface area contributed by atoms with Gasteiger partial charge in [0, 0.05) is 5.69 Å². The Morgan fingerprint density at radius 3 is 2.95 bits per heavy atom. The van der Waals surface area contributed by atoms with Gasteiger partial charge in [-0.15, -0.1) is 11.3 Å². The fourth-order valence-electron chi connectivity index (χ4n) is 1.63. The van der Waals surface area contributed by atoms with E-state index in [0.29, 0.717) is 5.69 Å². The number of anilines is 1. The zero-order chi connectivity index (χ0) is 15.4. The first-order chi connectivity index (χ1) is 10.0. The number of nitrogens with one attached hydrogen (secondary N) is 1. The molecule has 1 unspecified atom stereocenters. The predicted molar refractivity (Wildman–Crippen MR) is 84.6 cm³/mol. The van der Waals surface area contributed by atoms with Crippen LogP contribution in [0.3, 0.4) is 0 Å². The van der Waals surface area contributed by atoms with Gasteiger partial charge in [-0.3, -0.25) is 4.79 Å². The molecular formula is C13H15N3O3S2. The van der Waals surface area contributed by atoms with Crippen molar-refractivity contribution in [2.45, 2.75) is 17.3 Å². The molecule has 8 heteroatoms. The molecule has 1 heterocycles. The van der Waals surface area contributed by atoms with Gasteiger partial charge >= 0.3 is 5.97 Å². The number of thioether (sulfide) groups is 1. The first-order valence-electron chi connectivity index (χ1n) is 6.22. The normalized spacial score (nSPS) is 12.1. The van der Waals surface area contributed by atoms with Crippen molar-refractivity contribution in [3.8, 4) is 0 Å². The van der Waals surface area contributed by atoms with E-state index in [-0.39, 0.29) is 6.61 Å². The van der Waals surface area contributed by atoms with E-state index in [1.54, 1.807) is 24.8 Å². The number of rotatable bonds is 5. The molecule has 1 amide bonds. The highest BCUT2D eigenvalue weighted by molar-refractivity contribution is 8.00. The summed E-state index contributed by atoms with van der Waals surface area (Å²) >= 11 is 3.11. The quantitative estimate of drug-likeness (QED) is 0.495. The number of nitrogens with zero attached hydrogens (tertiary/aromatic N) is 1.